The number of amides is 3. The van der Waals surface area contributed by atoms with Gasteiger partial charge in [-0.25, -0.2) is 9.18 Å². The number of hydrogen-bond acceptors (Lipinski definition) is 2. The summed E-state index contributed by atoms with van der Waals surface area (Å²) in [5.74, 6) is -0.810. The summed E-state index contributed by atoms with van der Waals surface area (Å²) < 4.78 is 13.0. The molecule has 0 aliphatic carbocycles. The number of imide groups is 1. The highest BCUT2D eigenvalue weighted by Gasteiger charge is 2.49. The average Bonchev–Trinajstić information content (AvgIpc) is 2.73. The number of hydrogen-bond donors (Lipinski definition) is 1. The molecule has 3 amide bonds. The Labute approximate surface area is 148 Å². The monoisotopic (exact) mass is 366 g/mol. The Morgan fingerprint density at radius 2 is 1.79 bits per heavy atom. The first-order chi connectivity index (χ1) is 11.3. The van der Waals surface area contributed by atoms with Crippen molar-refractivity contribution < 1.29 is 14.0 Å². The summed E-state index contributed by atoms with van der Waals surface area (Å²) in [4.78, 5) is 26.2. The van der Waals surface area contributed by atoms with Crippen molar-refractivity contribution in [3.8, 4) is 0 Å². The Hall–Kier alpha value is -2.11. The molecule has 0 unspecified atom stereocenters. The molecule has 2 aromatic carbocycles. The maximum absolute atomic E-state index is 13.0. The van der Waals surface area contributed by atoms with Gasteiger partial charge in [-0.15, -0.1) is 0 Å². The third-order valence-corrected chi connectivity index (χ3v) is 4.55. The molecule has 3 rings (SSSR count). The molecule has 1 aliphatic heterocycles. The van der Waals surface area contributed by atoms with Crippen molar-refractivity contribution in [2.45, 2.75) is 19.0 Å². The van der Waals surface area contributed by atoms with Gasteiger partial charge in [-0.2, -0.15) is 0 Å². The molecule has 1 atom stereocenters. The topological polar surface area (TPSA) is 49.4 Å². The third kappa shape index (κ3) is 2.85. The maximum atomic E-state index is 13.0. The summed E-state index contributed by atoms with van der Waals surface area (Å²) in [5, 5.41) is 3.41. The lowest BCUT2D eigenvalue weighted by molar-refractivity contribution is -0.131. The summed E-state index contributed by atoms with van der Waals surface area (Å²) in [6, 6.07) is 9.83. The first kappa shape index (κ1) is 16.7. The highest BCUT2D eigenvalue weighted by Crippen LogP contribution is 2.35. The number of carbonyl (C=O) groups is 2. The SMILES string of the molecule is C[C@@]1(c2ccc(Cl)cc2Cl)NC(=O)N(Cc2ccc(F)cc2)C1=O. The molecule has 4 nitrogen and oxygen atoms in total. The lowest BCUT2D eigenvalue weighted by Crippen LogP contribution is -2.41. The Bertz CT molecular complexity index is 826. The Balaban J connectivity index is 1.91. The van der Waals surface area contributed by atoms with E-state index in [1.807, 2.05) is 0 Å². The van der Waals surface area contributed by atoms with Gasteiger partial charge < -0.3 is 5.32 Å². The van der Waals surface area contributed by atoms with Crippen LogP contribution in [0, 0.1) is 5.82 Å². The van der Waals surface area contributed by atoms with Crippen molar-refractivity contribution in [2.24, 2.45) is 0 Å². The van der Waals surface area contributed by atoms with Crippen LogP contribution in [0.4, 0.5) is 9.18 Å². The van der Waals surface area contributed by atoms with Gasteiger partial charge in [0.05, 0.1) is 6.54 Å². The van der Waals surface area contributed by atoms with E-state index in [0.29, 0.717) is 21.2 Å². The number of nitrogens with one attached hydrogen (secondary N) is 1. The van der Waals surface area contributed by atoms with E-state index >= 15 is 0 Å². The predicted molar refractivity (Wildman–Crippen MR) is 89.3 cm³/mol. The van der Waals surface area contributed by atoms with Gasteiger partial charge in [0.2, 0.25) is 0 Å². The zero-order valence-corrected chi connectivity index (χ0v) is 14.2. The number of urea groups is 1. The summed E-state index contributed by atoms with van der Waals surface area (Å²) in [7, 11) is 0. The zero-order valence-electron chi connectivity index (χ0n) is 12.6. The van der Waals surface area contributed by atoms with E-state index in [0.717, 1.165) is 4.90 Å². The summed E-state index contributed by atoms with van der Waals surface area (Å²) >= 11 is 12.1. The lowest BCUT2D eigenvalue weighted by Gasteiger charge is -2.23. The smallest absolute Gasteiger partial charge is 0.319 e. The van der Waals surface area contributed by atoms with Crippen LogP contribution in [0.15, 0.2) is 42.5 Å². The maximum Gasteiger partial charge on any atom is 0.325 e. The van der Waals surface area contributed by atoms with Gasteiger partial charge in [0.15, 0.2) is 0 Å². The first-order valence-corrected chi connectivity index (χ1v) is 7.91. The van der Waals surface area contributed by atoms with Crippen molar-refractivity contribution >= 4 is 35.1 Å². The quantitative estimate of drug-likeness (QED) is 0.831. The minimum absolute atomic E-state index is 0.0474. The molecule has 1 heterocycles. The first-order valence-electron chi connectivity index (χ1n) is 7.15. The second-order valence-electron chi connectivity index (χ2n) is 5.70. The van der Waals surface area contributed by atoms with E-state index in [1.54, 1.807) is 19.1 Å². The zero-order chi connectivity index (χ0) is 17.5. The Morgan fingerprint density at radius 1 is 1.12 bits per heavy atom. The highest BCUT2D eigenvalue weighted by atomic mass is 35.5. The number of rotatable bonds is 3. The van der Waals surface area contributed by atoms with Gasteiger partial charge in [-0.05, 0) is 36.8 Å². The van der Waals surface area contributed by atoms with Crippen LogP contribution in [-0.4, -0.2) is 16.8 Å². The number of halogens is 3. The fourth-order valence-electron chi connectivity index (χ4n) is 2.69. The molecule has 0 spiro atoms. The molecule has 1 saturated heterocycles. The van der Waals surface area contributed by atoms with Crippen molar-refractivity contribution in [3.05, 3.63) is 69.5 Å². The molecular weight excluding hydrogens is 354 g/mol. The normalized spacial score (nSPS) is 20.4. The minimum atomic E-state index is -1.28. The van der Waals surface area contributed by atoms with Crippen LogP contribution in [0.3, 0.4) is 0 Å². The number of benzene rings is 2. The van der Waals surface area contributed by atoms with Crippen molar-refractivity contribution in [1.82, 2.24) is 10.2 Å². The molecule has 2 aromatic rings. The minimum Gasteiger partial charge on any atom is -0.319 e. The average molecular weight is 367 g/mol. The fourth-order valence-corrected chi connectivity index (χ4v) is 3.29. The van der Waals surface area contributed by atoms with Crippen molar-refractivity contribution in [1.29, 1.82) is 0 Å². The van der Waals surface area contributed by atoms with E-state index in [4.69, 9.17) is 23.2 Å². The van der Waals surface area contributed by atoms with Crippen LogP contribution in [-0.2, 0) is 16.9 Å². The predicted octanol–water partition coefficient (Wildman–Crippen LogP) is 4.10. The molecule has 1 N–H and O–H groups in total. The van der Waals surface area contributed by atoms with Crippen LogP contribution in [0.2, 0.25) is 10.0 Å². The standard InChI is InChI=1S/C17H13Cl2FN2O2/c1-17(13-7-4-11(18)8-14(13)19)15(23)22(16(24)21-17)9-10-2-5-12(20)6-3-10/h2-8H,9H2,1H3,(H,21,24)/t17-/m0/s1. The highest BCUT2D eigenvalue weighted by molar-refractivity contribution is 6.35. The molecule has 7 heteroatoms. The van der Waals surface area contributed by atoms with E-state index in [9.17, 15) is 14.0 Å². The van der Waals surface area contributed by atoms with Crippen LogP contribution < -0.4 is 5.32 Å². The molecule has 1 aliphatic rings. The van der Waals surface area contributed by atoms with Gasteiger partial charge in [-0.3, -0.25) is 9.69 Å². The van der Waals surface area contributed by atoms with E-state index < -0.39 is 17.5 Å². The Kier molecular flexibility index (Phi) is 4.24. The molecule has 1 fully saturated rings. The van der Waals surface area contributed by atoms with Crippen molar-refractivity contribution in [2.75, 3.05) is 0 Å². The summed E-state index contributed by atoms with van der Waals surface area (Å²) in [6.45, 7) is 1.64. The third-order valence-electron chi connectivity index (χ3n) is 4.00. The van der Waals surface area contributed by atoms with Crippen LogP contribution in [0.5, 0.6) is 0 Å². The molecule has 0 radical (unpaired) electrons. The van der Waals surface area contributed by atoms with Gasteiger partial charge in [0, 0.05) is 15.6 Å². The van der Waals surface area contributed by atoms with Gasteiger partial charge in [0.25, 0.3) is 5.91 Å². The van der Waals surface area contributed by atoms with Gasteiger partial charge >= 0.3 is 6.03 Å². The molecule has 24 heavy (non-hydrogen) atoms. The fraction of sp³-hybridized carbons (Fsp3) is 0.176. The van der Waals surface area contributed by atoms with E-state index in [2.05, 4.69) is 5.32 Å². The molecule has 0 saturated carbocycles. The van der Waals surface area contributed by atoms with Crippen LogP contribution in [0.25, 0.3) is 0 Å². The lowest BCUT2D eigenvalue weighted by atomic mass is 9.92. The van der Waals surface area contributed by atoms with Crippen molar-refractivity contribution in [3.63, 3.8) is 0 Å². The Morgan fingerprint density at radius 3 is 2.42 bits per heavy atom. The summed E-state index contributed by atoms with van der Waals surface area (Å²) in [5.41, 5.74) is -0.168. The second kappa shape index (κ2) is 6.07. The van der Waals surface area contributed by atoms with E-state index in [1.165, 1.54) is 30.3 Å². The largest absolute Gasteiger partial charge is 0.325 e. The number of nitrogens with zero attached hydrogens (tertiary/aromatic N) is 1. The van der Waals surface area contributed by atoms with Gasteiger partial charge in [-0.1, -0.05) is 41.4 Å². The van der Waals surface area contributed by atoms with Crippen LogP contribution in [0.1, 0.15) is 18.1 Å². The summed E-state index contributed by atoms with van der Waals surface area (Å²) in [6.07, 6.45) is 0. The van der Waals surface area contributed by atoms with Gasteiger partial charge in [0.1, 0.15) is 11.4 Å². The van der Waals surface area contributed by atoms with Crippen LogP contribution >= 0.6 is 23.2 Å². The van der Waals surface area contributed by atoms with E-state index in [-0.39, 0.29) is 12.4 Å². The molecule has 124 valence electrons. The molecule has 0 bridgehead atoms. The molecular formula is C17H13Cl2FN2O2. The number of carbonyl (C=O) groups excluding carboxylic acids is 2. The molecule has 0 aromatic heterocycles. The second-order valence-corrected chi connectivity index (χ2v) is 6.54.